The highest BCUT2D eigenvalue weighted by Gasteiger charge is 2.03. The van der Waals surface area contributed by atoms with E-state index in [9.17, 15) is 4.79 Å². The number of benzene rings is 2. The molecule has 24 heavy (non-hydrogen) atoms. The number of allylic oxidation sites excluding steroid dienone is 1. The van der Waals surface area contributed by atoms with Crippen molar-refractivity contribution in [1.82, 2.24) is 5.43 Å². The fourth-order valence-electron chi connectivity index (χ4n) is 2.06. The van der Waals surface area contributed by atoms with Crippen LogP contribution in [0, 0.1) is 0 Å². The van der Waals surface area contributed by atoms with Crippen molar-refractivity contribution >= 4 is 23.9 Å². The SMILES string of the molecule is COc1ccccc1NCC(=O)NN=CC(C)=Cc1ccccc1. The number of ether oxygens (including phenoxy) is 1. The number of para-hydroxylation sites is 2. The van der Waals surface area contributed by atoms with Gasteiger partial charge >= 0.3 is 0 Å². The first-order chi connectivity index (χ1) is 11.7. The molecule has 0 aliphatic carbocycles. The van der Waals surface area contributed by atoms with Crippen LogP contribution in [0.25, 0.3) is 6.08 Å². The van der Waals surface area contributed by atoms with Gasteiger partial charge in [0, 0.05) is 0 Å². The molecule has 2 rings (SSSR count). The molecule has 0 heterocycles. The van der Waals surface area contributed by atoms with E-state index in [1.165, 1.54) is 0 Å². The summed E-state index contributed by atoms with van der Waals surface area (Å²) < 4.78 is 5.22. The maximum absolute atomic E-state index is 11.8. The number of carbonyl (C=O) groups excluding carboxylic acids is 1. The van der Waals surface area contributed by atoms with E-state index < -0.39 is 0 Å². The fraction of sp³-hybridized carbons (Fsp3) is 0.158. The third-order valence-electron chi connectivity index (χ3n) is 3.20. The summed E-state index contributed by atoms with van der Waals surface area (Å²) in [6, 6.07) is 17.4. The molecule has 1 amide bonds. The summed E-state index contributed by atoms with van der Waals surface area (Å²) in [5.41, 5.74) is 5.29. The molecule has 0 aliphatic heterocycles. The summed E-state index contributed by atoms with van der Waals surface area (Å²) in [6.07, 6.45) is 3.61. The van der Waals surface area contributed by atoms with Gasteiger partial charge in [0.15, 0.2) is 0 Å². The second-order valence-corrected chi connectivity index (χ2v) is 5.15. The van der Waals surface area contributed by atoms with Gasteiger partial charge < -0.3 is 10.1 Å². The summed E-state index contributed by atoms with van der Waals surface area (Å²) >= 11 is 0. The van der Waals surface area contributed by atoms with Crippen LogP contribution in [0.15, 0.2) is 65.3 Å². The fourth-order valence-corrected chi connectivity index (χ4v) is 2.06. The zero-order valence-corrected chi connectivity index (χ0v) is 13.8. The number of anilines is 1. The van der Waals surface area contributed by atoms with E-state index in [1.54, 1.807) is 13.3 Å². The van der Waals surface area contributed by atoms with Crippen molar-refractivity contribution in [2.75, 3.05) is 19.0 Å². The minimum absolute atomic E-state index is 0.110. The van der Waals surface area contributed by atoms with Crippen LogP contribution in [0.2, 0.25) is 0 Å². The zero-order chi connectivity index (χ0) is 17.2. The lowest BCUT2D eigenvalue weighted by Gasteiger charge is -2.09. The number of hydrogen-bond donors (Lipinski definition) is 2. The second kappa shape index (κ2) is 9.15. The molecule has 0 bridgehead atoms. The Morgan fingerprint density at radius 2 is 1.83 bits per heavy atom. The zero-order valence-electron chi connectivity index (χ0n) is 13.8. The Kier molecular flexibility index (Phi) is 6.58. The molecule has 0 unspecified atom stereocenters. The first kappa shape index (κ1) is 17.3. The van der Waals surface area contributed by atoms with E-state index >= 15 is 0 Å². The molecule has 0 aromatic heterocycles. The first-order valence-electron chi connectivity index (χ1n) is 7.61. The van der Waals surface area contributed by atoms with Crippen LogP contribution in [-0.4, -0.2) is 25.8 Å². The molecule has 0 spiro atoms. The topological polar surface area (TPSA) is 62.7 Å². The second-order valence-electron chi connectivity index (χ2n) is 5.15. The molecule has 0 fully saturated rings. The van der Waals surface area contributed by atoms with E-state index in [0.29, 0.717) is 5.75 Å². The minimum Gasteiger partial charge on any atom is -0.495 e. The Labute approximate surface area is 142 Å². The Morgan fingerprint density at radius 3 is 2.58 bits per heavy atom. The van der Waals surface area contributed by atoms with Gasteiger partial charge in [-0.15, -0.1) is 0 Å². The molecule has 2 aromatic rings. The average Bonchev–Trinajstić information content (AvgIpc) is 2.61. The third-order valence-corrected chi connectivity index (χ3v) is 3.20. The predicted molar refractivity (Wildman–Crippen MR) is 98.2 cm³/mol. The first-order valence-corrected chi connectivity index (χ1v) is 7.61. The number of carbonyl (C=O) groups is 1. The van der Waals surface area contributed by atoms with Crippen molar-refractivity contribution < 1.29 is 9.53 Å². The summed E-state index contributed by atoms with van der Waals surface area (Å²) in [4.78, 5) is 11.8. The molecule has 0 radical (unpaired) electrons. The van der Waals surface area contributed by atoms with Gasteiger partial charge in [0.1, 0.15) is 5.75 Å². The van der Waals surface area contributed by atoms with Gasteiger partial charge in [-0.1, -0.05) is 48.5 Å². The molecule has 0 saturated heterocycles. The highest BCUT2D eigenvalue weighted by atomic mass is 16.5. The van der Waals surface area contributed by atoms with Crippen LogP contribution < -0.4 is 15.5 Å². The Hall–Kier alpha value is -3.08. The maximum Gasteiger partial charge on any atom is 0.259 e. The molecule has 2 aromatic carbocycles. The molecule has 2 N–H and O–H groups in total. The predicted octanol–water partition coefficient (Wildman–Crippen LogP) is 3.31. The van der Waals surface area contributed by atoms with Crippen molar-refractivity contribution in [3.8, 4) is 5.75 Å². The normalized spacial score (nSPS) is 11.3. The lowest BCUT2D eigenvalue weighted by molar-refractivity contribution is -0.119. The molecule has 5 nitrogen and oxygen atoms in total. The minimum atomic E-state index is -0.232. The Bertz CT molecular complexity index is 724. The smallest absolute Gasteiger partial charge is 0.259 e. The molecule has 0 atom stereocenters. The monoisotopic (exact) mass is 323 g/mol. The highest BCUT2D eigenvalue weighted by molar-refractivity contribution is 5.87. The van der Waals surface area contributed by atoms with Gasteiger partial charge in [-0.05, 0) is 30.2 Å². The van der Waals surface area contributed by atoms with Gasteiger partial charge in [-0.2, -0.15) is 5.10 Å². The summed E-state index contributed by atoms with van der Waals surface area (Å²) in [5, 5.41) is 6.97. The molecule has 0 saturated carbocycles. The molecule has 124 valence electrons. The summed E-state index contributed by atoms with van der Waals surface area (Å²) in [7, 11) is 1.59. The molecule has 5 heteroatoms. The Morgan fingerprint density at radius 1 is 1.12 bits per heavy atom. The van der Waals surface area contributed by atoms with E-state index in [0.717, 1.165) is 16.8 Å². The largest absolute Gasteiger partial charge is 0.495 e. The van der Waals surface area contributed by atoms with Crippen LogP contribution in [0.3, 0.4) is 0 Å². The van der Waals surface area contributed by atoms with Crippen molar-refractivity contribution in [3.05, 3.63) is 65.7 Å². The Balaban J connectivity index is 1.81. The van der Waals surface area contributed by atoms with Crippen LogP contribution in [-0.2, 0) is 4.79 Å². The number of hydrazone groups is 1. The van der Waals surface area contributed by atoms with Crippen molar-refractivity contribution in [2.45, 2.75) is 6.92 Å². The maximum atomic E-state index is 11.8. The number of methoxy groups -OCH3 is 1. The van der Waals surface area contributed by atoms with Gasteiger partial charge in [0.2, 0.25) is 0 Å². The molecular formula is C19H21N3O2. The standard InChI is InChI=1S/C19H21N3O2/c1-15(12-16-8-4-3-5-9-16)13-21-22-19(23)14-20-17-10-6-7-11-18(17)24-2/h3-13,20H,14H2,1-2H3,(H,22,23). The number of rotatable bonds is 7. The van der Waals surface area contributed by atoms with Crippen LogP contribution >= 0.6 is 0 Å². The van der Waals surface area contributed by atoms with Gasteiger partial charge in [0.05, 0.1) is 25.6 Å². The summed E-state index contributed by atoms with van der Waals surface area (Å²) in [5.74, 6) is 0.458. The van der Waals surface area contributed by atoms with Crippen molar-refractivity contribution in [2.24, 2.45) is 5.10 Å². The van der Waals surface area contributed by atoms with E-state index in [2.05, 4.69) is 15.8 Å². The number of amides is 1. The molecular weight excluding hydrogens is 302 g/mol. The van der Waals surface area contributed by atoms with Gasteiger partial charge in [-0.3, -0.25) is 4.79 Å². The molecule has 0 aliphatic rings. The van der Waals surface area contributed by atoms with E-state index in [1.807, 2.05) is 67.6 Å². The summed E-state index contributed by atoms with van der Waals surface area (Å²) in [6.45, 7) is 2.04. The highest BCUT2D eigenvalue weighted by Crippen LogP contribution is 2.22. The lowest BCUT2D eigenvalue weighted by atomic mass is 10.1. The quantitative estimate of drug-likeness (QED) is 0.607. The van der Waals surface area contributed by atoms with Gasteiger partial charge in [-0.25, -0.2) is 5.43 Å². The number of nitrogens with one attached hydrogen (secondary N) is 2. The lowest BCUT2D eigenvalue weighted by Crippen LogP contribution is -2.26. The van der Waals surface area contributed by atoms with Crippen molar-refractivity contribution in [3.63, 3.8) is 0 Å². The number of nitrogens with zero attached hydrogens (tertiary/aromatic N) is 1. The van der Waals surface area contributed by atoms with Crippen molar-refractivity contribution in [1.29, 1.82) is 0 Å². The van der Waals surface area contributed by atoms with Crippen LogP contribution in [0.4, 0.5) is 5.69 Å². The van der Waals surface area contributed by atoms with E-state index in [4.69, 9.17) is 4.74 Å². The van der Waals surface area contributed by atoms with Gasteiger partial charge in [0.25, 0.3) is 5.91 Å². The average molecular weight is 323 g/mol. The third kappa shape index (κ3) is 5.61. The number of hydrogen-bond acceptors (Lipinski definition) is 4. The van der Waals surface area contributed by atoms with E-state index in [-0.39, 0.29) is 12.5 Å². The van der Waals surface area contributed by atoms with Crippen LogP contribution in [0.5, 0.6) is 5.75 Å². The van der Waals surface area contributed by atoms with Crippen LogP contribution in [0.1, 0.15) is 12.5 Å².